The molecule has 1 N–H and O–H groups in total. The maximum Gasteiger partial charge on any atom is 0.416 e. The molecule has 1 amide bonds. The van der Waals surface area contributed by atoms with Crippen molar-refractivity contribution in [3.63, 3.8) is 0 Å². The maximum absolute atomic E-state index is 12.7. The van der Waals surface area contributed by atoms with Crippen molar-refractivity contribution in [3.8, 4) is 0 Å². The summed E-state index contributed by atoms with van der Waals surface area (Å²) < 4.78 is 44.0. The Bertz CT molecular complexity index is 1030. The summed E-state index contributed by atoms with van der Waals surface area (Å²) >= 11 is 3.27. The molecule has 2 aromatic carbocycles. The molecule has 0 spiro atoms. The molecule has 0 saturated carbocycles. The lowest BCUT2D eigenvalue weighted by Crippen LogP contribution is -2.21. The Labute approximate surface area is 147 Å². The van der Waals surface area contributed by atoms with Crippen molar-refractivity contribution in [1.29, 1.82) is 0 Å². The summed E-state index contributed by atoms with van der Waals surface area (Å²) in [4.78, 5) is 24.2. The van der Waals surface area contributed by atoms with E-state index in [2.05, 4.69) is 21.2 Å². The number of carbonyl (C=O) groups excluding carboxylic acids is 1. The van der Waals surface area contributed by atoms with Crippen molar-refractivity contribution in [2.75, 3.05) is 5.32 Å². The largest absolute Gasteiger partial charge is 0.422 e. The second-order valence-electron chi connectivity index (χ2n) is 5.16. The molecule has 4 nitrogen and oxygen atoms in total. The molecule has 1 heterocycles. The van der Waals surface area contributed by atoms with E-state index in [9.17, 15) is 22.8 Å². The number of benzene rings is 2. The lowest BCUT2D eigenvalue weighted by Gasteiger charge is -2.09. The molecule has 0 aliphatic carbocycles. The molecular formula is C17H9BrF3NO3. The van der Waals surface area contributed by atoms with E-state index in [0.717, 1.165) is 16.6 Å². The minimum atomic E-state index is -4.53. The molecule has 0 atom stereocenters. The van der Waals surface area contributed by atoms with E-state index >= 15 is 0 Å². The fraction of sp³-hybridized carbons (Fsp3) is 0.0588. The van der Waals surface area contributed by atoms with Gasteiger partial charge in [-0.2, -0.15) is 13.2 Å². The van der Waals surface area contributed by atoms with Crippen LogP contribution in [0.2, 0.25) is 0 Å². The predicted octanol–water partition coefficient (Wildman–Crippen LogP) is 4.83. The lowest BCUT2D eigenvalue weighted by atomic mass is 10.1. The second-order valence-corrected chi connectivity index (χ2v) is 6.08. The molecule has 0 fully saturated rings. The number of alkyl halides is 3. The first-order chi connectivity index (χ1) is 11.7. The third-order valence-electron chi connectivity index (χ3n) is 3.39. The highest BCUT2D eigenvalue weighted by Gasteiger charge is 2.30. The van der Waals surface area contributed by atoms with Crippen LogP contribution in [-0.2, 0) is 6.18 Å². The van der Waals surface area contributed by atoms with Gasteiger partial charge < -0.3 is 9.73 Å². The first-order valence-electron chi connectivity index (χ1n) is 6.96. The number of amides is 1. The Morgan fingerprint density at radius 1 is 1.08 bits per heavy atom. The van der Waals surface area contributed by atoms with Gasteiger partial charge in [0, 0.05) is 15.5 Å². The van der Waals surface area contributed by atoms with E-state index in [-0.39, 0.29) is 11.3 Å². The van der Waals surface area contributed by atoms with Crippen molar-refractivity contribution in [1.82, 2.24) is 0 Å². The standard InChI is InChI=1S/C17H9BrF3NO3/c18-11-4-5-14-9(6-11)7-13(16(24)25-14)15(23)22-12-3-1-2-10(8-12)17(19,20)21/h1-8H,(H,22,23). The van der Waals surface area contributed by atoms with Gasteiger partial charge in [0.25, 0.3) is 5.91 Å². The highest BCUT2D eigenvalue weighted by molar-refractivity contribution is 9.10. The van der Waals surface area contributed by atoms with Crippen molar-refractivity contribution < 1.29 is 22.4 Å². The van der Waals surface area contributed by atoms with Gasteiger partial charge in [-0.3, -0.25) is 4.79 Å². The number of anilines is 1. The van der Waals surface area contributed by atoms with E-state index in [4.69, 9.17) is 4.42 Å². The smallest absolute Gasteiger partial charge is 0.416 e. The fourth-order valence-electron chi connectivity index (χ4n) is 2.22. The average molecular weight is 412 g/mol. The quantitative estimate of drug-likeness (QED) is 0.614. The summed E-state index contributed by atoms with van der Waals surface area (Å²) in [5, 5.41) is 2.78. The van der Waals surface area contributed by atoms with Crippen molar-refractivity contribution in [3.05, 3.63) is 74.6 Å². The van der Waals surface area contributed by atoms with E-state index in [1.54, 1.807) is 18.2 Å². The zero-order valence-corrected chi connectivity index (χ0v) is 13.9. The Morgan fingerprint density at radius 2 is 1.84 bits per heavy atom. The SMILES string of the molecule is O=C(Nc1cccc(C(F)(F)F)c1)c1cc2cc(Br)ccc2oc1=O. The molecule has 0 unspecified atom stereocenters. The van der Waals surface area contributed by atoms with E-state index < -0.39 is 23.3 Å². The minimum Gasteiger partial charge on any atom is -0.422 e. The molecule has 1 aromatic heterocycles. The summed E-state index contributed by atoms with van der Waals surface area (Å²) in [5.74, 6) is -0.852. The Morgan fingerprint density at radius 3 is 2.56 bits per heavy atom. The number of rotatable bonds is 2. The highest BCUT2D eigenvalue weighted by atomic mass is 79.9. The number of halogens is 4. The number of hydrogen-bond donors (Lipinski definition) is 1. The van der Waals surface area contributed by atoms with Gasteiger partial charge in [-0.05, 0) is 42.5 Å². The minimum absolute atomic E-state index is 0.0754. The molecule has 0 aliphatic heterocycles. The topological polar surface area (TPSA) is 59.3 Å². The van der Waals surface area contributed by atoms with Crippen LogP contribution in [0.15, 0.2) is 62.2 Å². The first kappa shape index (κ1) is 17.2. The van der Waals surface area contributed by atoms with Gasteiger partial charge in [0.15, 0.2) is 0 Å². The van der Waals surface area contributed by atoms with Crippen molar-refractivity contribution in [2.24, 2.45) is 0 Å². The first-order valence-corrected chi connectivity index (χ1v) is 7.75. The molecule has 3 rings (SSSR count). The summed E-state index contributed by atoms with van der Waals surface area (Å²) in [6.07, 6.45) is -4.53. The lowest BCUT2D eigenvalue weighted by molar-refractivity contribution is -0.137. The molecule has 8 heteroatoms. The van der Waals surface area contributed by atoms with E-state index in [0.29, 0.717) is 11.0 Å². The van der Waals surface area contributed by atoms with Gasteiger partial charge in [-0.1, -0.05) is 22.0 Å². The van der Waals surface area contributed by atoms with Crippen LogP contribution in [0.5, 0.6) is 0 Å². The number of fused-ring (bicyclic) bond motifs is 1. The van der Waals surface area contributed by atoms with Crippen LogP contribution < -0.4 is 10.9 Å². The van der Waals surface area contributed by atoms with Crippen LogP contribution in [-0.4, -0.2) is 5.91 Å². The molecule has 25 heavy (non-hydrogen) atoms. The highest BCUT2D eigenvalue weighted by Crippen LogP contribution is 2.30. The monoisotopic (exact) mass is 411 g/mol. The van der Waals surface area contributed by atoms with Gasteiger partial charge in [-0.25, -0.2) is 4.79 Å². The van der Waals surface area contributed by atoms with Crippen LogP contribution in [0.25, 0.3) is 11.0 Å². The summed E-state index contributed by atoms with van der Waals surface area (Å²) in [6.45, 7) is 0. The normalized spacial score (nSPS) is 11.5. The van der Waals surface area contributed by atoms with Gasteiger partial charge >= 0.3 is 11.8 Å². The van der Waals surface area contributed by atoms with Gasteiger partial charge in [-0.15, -0.1) is 0 Å². The molecule has 0 radical (unpaired) electrons. The Kier molecular flexibility index (Phi) is 4.38. The average Bonchev–Trinajstić information content (AvgIpc) is 2.54. The van der Waals surface area contributed by atoms with Crippen LogP contribution >= 0.6 is 15.9 Å². The van der Waals surface area contributed by atoms with Crippen LogP contribution in [0.1, 0.15) is 15.9 Å². The molecule has 128 valence electrons. The Balaban J connectivity index is 1.95. The van der Waals surface area contributed by atoms with Crippen LogP contribution in [0, 0.1) is 0 Å². The molecule has 0 saturated heterocycles. The van der Waals surface area contributed by atoms with Gasteiger partial charge in [0.05, 0.1) is 5.56 Å². The Hall–Kier alpha value is -2.61. The fourth-order valence-corrected chi connectivity index (χ4v) is 2.60. The maximum atomic E-state index is 12.7. The molecule has 0 aliphatic rings. The van der Waals surface area contributed by atoms with E-state index in [1.165, 1.54) is 18.2 Å². The third kappa shape index (κ3) is 3.74. The number of hydrogen-bond acceptors (Lipinski definition) is 3. The molecule has 3 aromatic rings. The number of carbonyl (C=O) groups is 1. The molecule has 0 bridgehead atoms. The zero-order chi connectivity index (χ0) is 18.2. The van der Waals surface area contributed by atoms with Crippen LogP contribution in [0.4, 0.5) is 18.9 Å². The van der Waals surface area contributed by atoms with Gasteiger partial charge in [0.2, 0.25) is 0 Å². The summed E-state index contributed by atoms with van der Waals surface area (Å²) in [6, 6.07) is 10.4. The summed E-state index contributed by atoms with van der Waals surface area (Å²) in [5.41, 5.74) is -1.86. The second kappa shape index (κ2) is 6.36. The number of nitrogens with one attached hydrogen (secondary N) is 1. The predicted molar refractivity (Wildman–Crippen MR) is 89.6 cm³/mol. The zero-order valence-electron chi connectivity index (χ0n) is 12.4. The van der Waals surface area contributed by atoms with E-state index in [1.807, 2.05) is 0 Å². The summed E-state index contributed by atoms with van der Waals surface area (Å²) in [7, 11) is 0. The van der Waals surface area contributed by atoms with Crippen LogP contribution in [0.3, 0.4) is 0 Å². The van der Waals surface area contributed by atoms with Crippen molar-refractivity contribution >= 4 is 38.5 Å². The van der Waals surface area contributed by atoms with Gasteiger partial charge in [0.1, 0.15) is 11.1 Å². The third-order valence-corrected chi connectivity index (χ3v) is 3.88. The molecular weight excluding hydrogens is 403 g/mol. The van der Waals surface area contributed by atoms with Crippen molar-refractivity contribution in [2.45, 2.75) is 6.18 Å².